The maximum atomic E-state index is 11.4. The van der Waals surface area contributed by atoms with Gasteiger partial charge in [0.15, 0.2) is 0 Å². The van der Waals surface area contributed by atoms with Crippen molar-refractivity contribution >= 4 is 34.6 Å². The van der Waals surface area contributed by atoms with Gasteiger partial charge in [-0.05, 0) is 24.6 Å². The van der Waals surface area contributed by atoms with Crippen molar-refractivity contribution < 1.29 is 4.92 Å². The molecule has 1 aromatic heterocycles. The van der Waals surface area contributed by atoms with E-state index in [0.717, 1.165) is 5.56 Å². The number of nitrogens with zero attached hydrogens (tertiary/aromatic N) is 4. The summed E-state index contributed by atoms with van der Waals surface area (Å²) in [6.07, 6.45) is 1.25. The summed E-state index contributed by atoms with van der Waals surface area (Å²) in [5.74, 6) is 0.196. The lowest BCUT2D eigenvalue weighted by molar-refractivity contribution is -0.383. The second-order valence-corrected chi connectivity index (χ2v) is 5.20. The van der Waals surface area contributed by atoms with Crippen LogP contribution in [0.4, 0.5) is 23.0 Å². The molecule has 0 bridgehead atoms. The zero-order valence-electron chi connectivity index (χ0n) is 12.3. The second-order valence-electron chi connectivity index (χ2n) is 4.77. The van der Waals surface area contributed by atoms with Crippen LogP contribution in [0.25, 0.3) is 0 Å². The van der Waals surface area contributed by atoms with Crippen molar-refractivity contribution in [1.29, 1.82) is 0 Å². The highest BCUT2D eigenvalue weighted by atomic mass is 35.5. The van der Waals surface area contributed by atoms with Gasteiger partial charge >= 0.3 is 5.69 Å². The van der Waals surface area contributed by atoms with Gasteiger partial charge in [-0.15, -0.1) is 0 Å². The van der Waals surface area contributed by atoms with Gasteiger partial charge in [0, 0.05) is 24.8 Å². The first-order valence-electron chi connectivity index (χ1n) is 6.35. The summed E-state index contributed by atoms with van der Waals surface area (Å²) in [6, 6.07) is 5.24. The third kappa shape index (κ3) is 3.60. The molecule has 8 nitrogen and oxygen atoms in total. The highest BCUT2D eigenvalue weighted by Gasteiger charge is 2.23. The van der Waals surface area contributed by atoms with Gasteiger partial charge in [0.25, 0.3) is 0 Å². The zero-order valence-corrected chi connectivity index (χ0v) is 13.0. The predicted octanol–water partition coefficient (Wildman–Crippen LogP) is 2.98. The molecule has 0 aliphatic rings. The fraction of sp³-hybridized carbons (Fsp3) is 0.231. The SMILES string of the molecule is Cc1ccc(Cl)cc1Nc1ncnc(NN(C)C)c1[N+](=O)[O-]. The number of hydrazine groups is 1. The lowest BCUT2D eigenvalue weighted by Gasteiger charge is -2.14. The number of anilines is 3. The monoisotopic (exact) mass is 322 g/mol. The normalized spacial score (nSPS) is 10.6. The van der Waals surface area contributed by atoms with E-state index in [0.29, 0.717) is 10.7 Å². The van der Waals surface area contributed by atoms with Crippen molar-refractivity contribution in [2.75, 3.05) is 24.8 Å². The average Bonchev–Trinajstić information content (AvgIpc) is 2.42. The Bertz CT molecular complexity index is 707. The molecule has 1 aromatic carbocycles. The summed E-state index contributed by atoms with van der Waals surface area (Å²) >= 11 is 5.96. The van der Waals surface area contributed by atoms with E-state index in [9.17, 15) is 10.1 Å². The molecule has 1 heterocycles. The van der Waals surface area contributed by atoms with E-state index in [4.69, 9.17) is 11.6 Å². The predicted molar refractivity (Wildman–Crippen MR) is 85.5 cm³/mol. The highest BCUT2D eigenvalue weighted by Crippen LogP contribution is 2.32. The molecular formula is C13H15ClN6O2. The molecule has 0 aliphatic heterocycles. The summed E-state index contributed by atoms with van der Waals surface area (Å²) in [5, 5.41) is 16.4. The molecule has 0 fully saturated rings. The average molecular weight is 323 g/mol. The van der Waals surface area contributed by atoms with Gasteiger partial charge < -0.3 is 5.32 Å². The smallest absolute Gasteiger partial charge is 0.334 e. The van der Waals surface area contributed by atoms with E-state index in [2.05, 4.69) is 20.7 Å². The Morgan fingerprint density at radius 1 is 1.27 bits per heavy atom. The number of benzene rings is 1. The highest BCUT2D eigenvalue weighted by molar-refractivity contribution is 6.30. The van der Waals surface area contributed by atoms with Gasteiger partial charge in [0.1, 0.15) is 6.33 Å². The first-order valence-corrected chi connectivity index (χ1v) is 6.73. The lowest BCUT2D eigenvalue weighted by atomic mass is 10.2. The van der Waals surface area contributed by atoms with Crippen molar-refractivity contribution in [3.8, 4) is 0 Å². The molecule has 0 amide bonds. The minimum atomic E-state index is -0.534. The summed E-state index contributed by atoms with van der Waals surface area (Å²) in [6.45, 7) is 1.87. The summed E-state index contributed by atoms with van der Waals surface area (Å²) in [5.41, 5.74) is 4.07. The number of nitro groups is 1. The maximum absolute atomic E-state index is 11.4. The number of hydrogen-bond donors (Lipinski definition) is 2. The van der Waals surface area contributed by atoms with Crippen LogP contribution < -0.4 is 10.7 Å². The molecule has 0 saturated heterocycles. The quantitative estimate of drug-likeness (QED) is 0.645. The number of hydrogen-bond acceptors (Lipinski definition) is 7. The van der Waals surface area contributed by atoms with Crippen LogP contribution in [0, 0.1) is 17.0 Å². The summed E-state index contributed by atoms with van der Waals surface area (Å²) in [7, 11) is 3.42. The Morgan fingerprint density at radius 2 is 1.95 bits per heavy atom. The number of halogens is 1. The molecule has 2 rings (SSSR count). The number of rotatable bonds is 5. The summed E-state index contributed by atoms with van der Waals surface area (Å²) < 4.78 is 0. The van der Waals surface area contributed by atoms with Crippen LogP contribution in [0.5, 0.6) is 0 Å². The molecule has 0 atom stereocenters. The number of nitrogens with one attached hydrogen (secondary N) is 2. The minimum absolute atomic E-state index is 0.0923. The van der Waals surface area contributed by atoms with Crippen LogP contribution in [0.3, 0.4) is 0 Å². The van der Waals surface area contributed by atoms with Crippen molar-refractivity contribution in [2.24, 2.45) is 0 Å². The molecular weight excluding hydrogens is 308 g/mol. The lowest BCUT2D eigenvalue weighted by Crippen LogP contribution is -2.21. The summed E-state index contributed by atoms with van der Waals surface area (Å²) in [4.78, 5) is 18.7. The standard InChI is InChI=1S/C13H15ClN6O2/c1-8-4-5-9(14)6-10(8)17-12-11(20(21)22)13(16-7-15-12)18-19(2)3/h4-7H,1-3H3,(H2,15,16,17,18). The third-order valence-corrected chi connectivity index (χ3v) is 3.02. The molecule has 116 valence electrons. The molecule has 0 spiro atoms. The van der Waals surface area contributed by atoms with Gasteiger partial charge in [-0.3, -0.25) is 15.5 Å². The Balaban J connectivity index is 2.46. The molecule has 9 heteroatoms. The van der Waals surface area contributed by atoms with Crippen LogP contribution in [0.2, 0.25) is 5.02 Å². The van der Waals surface area contributed by atoms with Crippen molar-refractivity contribution in [3.05, 3.63) is 45.2 Å². The first-order chi connectivity index (χ1) is 10.4. The van der Waals surface area contributed by atoms with E-state index in [1.807, 2.05) is 13.0 Å². The number of aromatic nitrogens is 2. The van der Waals surface area contributed by atoms with Crippen molar-refractivity contribution in [3.63, 3.8) is 0 Å². The molecule has 0 aliphatic carbocycles. The van der Waals surface area contributed by atoms with Crippen molar-refractivity contribution in [2.45, 2.75) is 6.92 Å². The Labute approximate surface area is 132 Å². The van der Waals surface area contributed by atoms with Gasteiger partial charge in [0.2, 0.25) is 11.6 Å². The van der Waals surface area contributed by atoms with Gasteiger partial charge in [0.05, 0.1) is 4.92 Å². The van der Waals surface area contributed by atoms with Crippen LogP contribution in [-0.4, -0.2) is 34.0 Å². The Morgan fingerprint density at radius 3 is 2.59 bits per heavy atom. The van der Waals surface area contributed by atoms with E-state index < -0.39 is 4.92 Å². The largest absolute Gasteiger partial charge is 0.354 e. The topological polar surface area (TPSA) is 96.2 Å². The molecule has 2 aromatic rings. The third-order valence-electron chi connectivity index (χ3n) is 2.79. The minimum Gasteiger partial charge on any atom is -0.334 e. The molecule has 2 N–H and O–H groups in total. The Kier molecular flexibility index (Phi) is 4.74. The fourth-order valence-corrected chi connectivity index (χ4v) is 1.97. The number of aryl methyl sites for hydroxylation is 1. The van der Waals surface area contributed by atoms with Crippen molar-refractivity contribution in [1.82, 2.24) is 15.0 Å². The van der Waals surface area contributed by atoms with E-state index in [1.54, 1.807) is 31.2 Å². The maximum Gasteiger partial charge on any atom is 0.354 e. The second kappa shape index (κ2) is 6.54. The van der Waals surface area contributed by atoms with Crippen LogP contribution >= 0.6 is 11.6 Å². The molecule has 0 radical (unpaired) electrons. The zero-order chi connectivity index (χ0) is 16.3. The Hall–Kier alpha value is -2.45. The fourth-order valence-electron chi connectivity index (χ4n) is 1.79. The first kappa shape index (κ1) is 15.9. The molecule has 22 heavy (non-hydrogen) atoms. The van der Waals surface area contributed by atoms with E-state index >= 15 is 0 Å². The van der Waals surface area contributed by atoms with Gasteiger partial charge in [-0.25, -0.2) is 15.0 Å². The van der Waals surface area contributed by atoms with Gasteiger partial charge in [-0.1, -0.05) is 17.7 Å². The van der Waals surface area contributed by atoms with E-state index in [1.165, 1.54) is 6.33 Å². The molecule has 0 saturated carbocycles. The van der Waals surface area contributed by atoms with Crippen LogP contribution in [0.1, 0.15) is 5.56 Å². The van der Waals surface area contributed by atoms with E-state index in [-0.39, 0.29) is 17.3 Å². The van der Waals surface area contributed by atoms with Gasteiger partial charge in [-0.2, -0.15) is 0 Å². The molecule has 0 unspecified atom stereocenters. The van der Waals surface area contributed by atoms with Crippen LogP contribution in [-0.2, 0) is 0 Å². The van der Waals surface area contributed by atoms with Crippen LogP contribution in [0.15, 0.2) is 24.5 Å².